The van der Waals surface area contributed by atoms with Crippen molar-refractivity contribution in [1.29, 1.82) is 0 Å². The summed E-state index contributed by atoms with van der Waals surface area (Å²) in [5, 5.41) is 0. The lowest BCUT2D eigenvalue weighted by molar-refractivity contribution is 0.615. The standard InChI is InChI=1S/C10H12FN/c1-6-7(8-5-10(8)12)3-2-4-9(6)11/h2-4,8,10H,5,12H2,1H3/t8-,10-/m1/s1. The minimum Gasteiger partial charge on any atom is -0.327 e. The second kappa shape index (κ2) is 2.56. The molecule has 1 aromatic carbocycles. The zero-order chi connectivity index (χ0) is 8.72. The summed E-state index contributed by atoms with van der Waals surface area (Å²) in [5.74, 6) is 0.285. The van der Waals surface area contributed by atoms with Crippen LogP contribution in [0.25, 0.3) is 0 Å². The van der Waals surface area contributed by atoms with Crippen molar-refractivity contribution in [1.82, 2.24) is 0 Å². The topological polar surface area (TPSA) is 26.0 Å². The Labute approximate surface area is 71.4 Å². The maximum Gasteiger partial charge on any atom is 0.126 e. The molecule has 0 radical (unpaired) electrons. The van der Waals surface area contributed by atoms with Crippen molar-refractivity contribution in [3.63, 3.8) is 0 Å². The first kappa shape index (κ1) is 7.74. The predicted molar refractivity (Wildman–Crippen MR) is 46.5 cm³/mol. The normalized spacial score (nSPS) is 27.2. The molecule has 2 rings (SSSR count). The smallest absolute Gasteiger partial charge is 0.126 e. The molecular formula is C10H12FN. The third-order valence-corrected chi connectivity index (χ3v) is 2.55. The van der Waals surface area contributed by atoms with Gasteiger partial charge in [-0.15, -0.1) is 0 Å². The van der Waals surface area contributed by atoms with E-state index >= 15 is 0 Å². The van der Waals surface area contributed by atoms with E-state index in [1.165, 1.54) is 6.07 Å². The Hall–Kier alpha value is -0.890. The van der Waals surface area contributed by atoms with E-state index in [2.05, 4.69) is 0 Å². The molecule has 0 bridgehead atoms. The molecule has 0 unspecified atom stereocenters. The Kier molecular flexibility index (Phi) is 1.65. The van der Waals surface area contributed by atoms with Crippen LogP contribution in [0.2, 0.25) is 0 Å². The van der Waals surface area contributed by atoms with Gasteiger partial charge < -0.3 is 5.73 Å². The lowest BCUT2D eigenvalue weighted by Crippen LogP contribution is -2.02. The fourth-order valence-corrected chi connectivity index (χ4v) is 1.60. The summed E-state index contributed by atoms with van der Waals surface area (Å²) in [4.78, 5) is 0. The van der Waals surface area contributed by atoms with Gasteiger partial charge in [-0.2, -0.15) is 0 Å². The number of hydrogen-bond donors (Lipinski definition) is 1. The van der Waals surface area contributed by atoms with E-state index in [9.17, 15) is 4.39 Å². The lowest BCUT2D eigenvalue weighted by atomic mass is 10.0. The van der Waals surface area contributed by atoms with Crippen molar-refractivity contribution in [3.8, 4) is 0 Å². The van der Waals surface area contributed by atoms with Gasteiger partial charge in [-0.3, -0.25) is 0 Å². The fourth-order valence-electron chi connectivity index (χ4n) is 1.60. The summed E-state index contributed by atoms with van der Waals surface area (Å²) in [7, 11) is 0. The third kappa shape index (κ3) is 1.12. The van der Waals surface area contributed by atoms with Crippen LogP contribution >= 0.6 is 0 Å². The van der Waals surface area contributed by atoms with E-state index in [-0.39, 0.29) is 11.9 Å². The number of hydrogen-bond acceptors (Lipinski definition) is 1. The Balaban J connectivity index is 2.38. The van der Waals surface area contributed by atoms with Gasteiger partial charge in [0, 0.05) is 12.0 Å². The average Bonchev–Trinajstić information content (AvgIpc) is 2.73. The molecule has 1 aliphatic rings. The first-order chi connectivity index (χ1) is 5.70. The molecule has 12 heavy (non-hydrogen) atoms. The van der Waals surface area contributed by atoms with Gasteiger partial charge in [0.1, 0.15) is 5.82 Å². The number of benzene rings is 1. The molecule has 64 valence electrons. The maximum absolute atomic E-state index is 13.1. The van der Waals surface area contributed by atoms with Crippen LogP contribution in [-0.4, -0.2) is 6.04 Å². The summed E-state index contributed by atoms with van der Waals surface area (Å²) in [5.41, 5.74) is 7.54. The molecule has 1 aliphatic carbocycles. The molecule has 0 aliphatic heterocycles. The molecule has 2 N–H and O–H groups in total. The van der Waals surface area contributed by atoms with Gasteiger partial charge >= 0.3 is 0 Å². The fraction of sp³-hybridized carbons (Fsp3) is 0.400. The molecule has 2 heteroatoms. The number of nitrogens with two attached hydrogens (primary N) is 1. The zero-order valence-electron chi connectivity index (χ0n) is 7.05. The van der Waals surface area contributed by atoms with Crippen LogP contribution in [0.15, 0.2) is 18.2 Å². The molecule has 1 fully saturated rings. The Bertz CT molecular complexity index is 309. The van der Waals surface area contributed by atoms with Gasteiger partial charge in [-0.05, 0) is 30.5 Å². The maximum atomic E-state index is 13.1. The first-order valence-corrected chi connectivity index (χ1v) is 4.20. The van der Waals surface area contributed by atoms with Crippen LogP contribution in [0.5, 0.6) is 0 Å². The van der Waals surface area contributed by atoms with Crippen LogP contribution in [0, 0.1) is 12.7 Å². The summed E-state index contributed by atoms with van der Waals surface area (Å²) in [6.45, 7) is 1.82. The Morgan fingerprint density at radius 1 is 1.50 bits per heavy atom. The Morgan fingerprint density at radius 2 is 2.17 bits per heavy atom. The van der Waals surface area contributed by atoms with E-state index in [0.717, 1.165) is 17.5 Å². The van der Waals surface area contributed by atoms with Gasteiger partial charge in [0.2, 0.25) is 0 Å². The minimum absolute atomic E-state index is 0.119. The van der Waals surface area contributed by atoms with E-state index in [1.54, 1.807) is 6.07 Å². The molecule has 1 saturated carbocycles. The van der Waals surface area contributed by atoms with E-state index in [4.69, 9.17) is 5.73 Å². The summed E-state index contributed by atoms with van der Waals surface area (Å²) < 4.78 is 13.1. The van der Waals surface area contributed by atoms with Crippen LogP contribution in [0.3, 0.4) is 0 Å². The molecule has 0 aromatic heterocycles. The summed E-state index contributed by atoms with van der Waals surface area (Å²) >= 11 is 0. The molecule has 0 heterocycles. The van der Waals surface area contributed by atoms with Gasteiger partial charge in [0.05, 0.1) is 0 Å². The SMILES string of the molecule is Cc1c(F)cccc1[C@H]1C[C@H]1N. The van der Waals surface area contributed by atoms with E-state index in [0.29, 0.717) is 5.92 Å². The van der Waals surface area contributed by atoms with Crippen molar-refractivity contribution in [2.45, 2.75) is 25.3 Å². The largest absolute Gasteiger partial charge is 0.327 e. The predicted octanol–water partition coefficient (Wildman–Crippen LogP) is 1.95. The number of halogens is 1. The minimum atomic E-state index is -0.119. The van der Waals surface area contributed by atoms with E-state index in [1.807, 2.05) is 13.0 Å². The quantitative estimate of drug-likeness (QED) is 0.676. The highest BCUT2D eigenvalue weighted by Crippen LogP contribution is 2.40. The molecule has 0 amide bonds. The highest BCUT2D eigenvalue weighted by Gasteiger charge is 2.35. The second-order valence-corrected chi connectivity index (χ2v) is 3.46. The van der Waals surface area contributed by atoms with Gasteiger partial charge in [0.15, 0.2) is 0 Å². The molecule has 0 spiro atoms. The van der Waals surface area contributed by atoms with Crippen molar-refractivity contribution in [3.05, 3.63) is 35.1 Å². The average molecular weight is 165 g/mol. The molecule has 1 nitrogen and oxygen atoms in total. The highest BCUT2D eigenvalue weighted by atomic mass is 19.1. The first-order valence-electron chi connectivity index (χ1n) is 4.20. The van der Waals surface area contributed by atoms with Crippen molar-refractivity contribution in [2.75, 3.05) is 0 Å². The molecule has 2 atom stereocenters. The van der Waals surface area contributed by atoms with Crippen molar-refractivity contribution in [2.24, 2.45) is 5.73 Å². The van der Waals surface area contributed by atoms with Gasteiger partial charge in [-0.1, -0.05) is 12.1 Å². The lowest BCUT2D eigenvalue weighted by Gasteiger charge is -2.04. The van der Waals surface area contributed by atoms with Crippen LogP contribution in [0.4, 0.5) is 4.39 Å². The van der Waals surface area contributed by atoms with Crippen LogP contribution in [-0.2, 0) is 0 Å². The van der Waals surface area contributed by atoms with Crippen molar-refractivity contribution >= 4 is 0 Å². The molecule has 1 aromatic rings. The highest BCUT2D eigenvalue weighted by molar-refractivity contribution is 5.35. The molecule has 0 saturated heterocycles. The Morgan fingerprint density at radius 3 is 2.75 bits per heavy atom. The van der Waals surface area contributed by atoms with Crippen LogP contribution < -0.4 is 5.73 Å². The van der Waals surface area contributed by atoms with E-state index < -0.39 is 0 Å². The van der Waals surface area contributed by atoms with Gasteiger partial charge in [0.25, 0.3) is 0 Å². The van der Waals surface area contributed by atoms with Gasteiger partial charge in [-0.25, -0.2) is 4.39 Å². The van der Waals surface area contributed by atoms with Crippen LogP contribution in [0.1, 0.15) is 23.5 Å². The number of rotatable bonds is 1. The summed E-state index contributed by atoms with van der Waals surface area (Å²) in [6, 6.07) is 5.47. The summed E-state index contributed by atoms with van der Waals surface area (Å²) in [6.07, 6.45) is 1.00. The van der Waals surface area contributed by atoms with Crippen molar-refractivity contribution < 1.29 is 4.39 Å². The molecular weight excluding hydrogens is 153 g/mol. The second-order valence-electron chi connectivity index (χ2n) is 3.46. The monoisotopic (exact) mass is 165 g/mol. The third-order valence-electron chi connectivity index (χ3n) is 2.55. The zero-order valence-corrected chi connectivity index (χ0v) is 7.05.